The molecule has 120 valence electrons. The molecule has 1 aliphatic rings. The van der Waals surface area contributed by atoms with Gasteiger partial charge < -0.3 is 9.64 Å². The summed E-state index contributed by atoms with van der Waals surface area (Å²) in [6, 6.07) is 7.56. The van der Waals surface area contributed by atoms with Gasteiger partial charge in [0.15, 0.2) is 4.98 Å². The van der Waals surface area contributed by atoms with Gasteiger partial charge >= 0.3 is 40.7 Å². The Morgan fingerprint density at radius 2 is 1.48 bits per heavy atom. The molecular formula is C10H12AsF6N3O. The average Bonchev–Trinajstić information content (AvgIpc) is 2.36. The second-order valence-corrected chi connectivity index (χ2v) is 8.17. The van der Waals surface area contributed by atoms with E-state index in [1.807, 2.05) is 18.2 Å². The van der Waals surface area contributed by atoms with Crippen molar-refractivity contribution in [2.24, 2.45) is 0 Å². The summed E-state index contributed by atoms with van der Waals surface area (Å²) in [5.74, 6) is 0. The molecule has 21 heavy (non-hydrogen) atoms. The average molecular weight is 379 g/mol. The molecule has 0 aromatic heterocycles. The summed E-state index contributed by atoms with van der Waals surface area (Å²) in [5.41, 5.74) is 1.59. The molecule has 0 bridgehead atoms. The fourth-order valence-corrected chi connectivity index (χ4v) is 1.62. The number of ether oxygens (including phenoxy) is 1. The molecule has 0 saturated carbocycles. The van der Waals surface area contributed by atoms with E-state index in [2.05, 4.69) is 9.88 Å². The number of nitrogens with zero attached hydrogens (tertiary/aromatic N) is 3. The standard InChI is InChI=1S/C10H12N3O.AsF6/c11-12-9-3-1-2-4-10(9)13-5-7-14-8-6-13;2-1(3,4,5,6)7/h1-4H,5-8H2;/q+1;-1. The van der Waals surface area contributed by atoms with Crippen LogP contribution in [0.4, 0.5) is 32.2 Å². The smallest absolute Gasteiger partial charge is 0.378 e. The fraction of sp³-hybridized carbons (Fsp3) is 0.400. The van der Waals surface area contributed by atoms with E-state index in [1.54, 1.807) is 6.07 Å². The first-order valence-electron chi connectivity index (χ1n) is 5.70. The predicted octanol–water partition coefficient (Wildman–Crippen LogP) is 4.15. The monoisotopic (exact) mass is 379 g/mol. The summed E-state index contributed by atoms with van der Waals surface area (Å²) in [6.45, 7) is 3.18. The number of halogens is 6. The van der Waals surface area contributed by atoms with Crippen LogP contribution in [0, 0.1) is 5.39 Å². The van der Waals surface area contributed by atoms with Gasteiger partial charge in [-0.1, -0.05) is 12.1 Å². The predicted molar refractivity (Wildman–Crippen MR) is 66.6 cm³/mol. The van der Waals surface area contributed by atoms with Gasteiger partial charge in [0.25, 0.3) is 0 Å². The maximum Gasteiger partial charge on any atom is 0.408 e. The van der Waals surface area contributed by atoms with Crippen LogP contribution in [0.1, 0.15) is 0 Å². The largest absolute Gasteiger partial charge is 0.408 e. The maximum atomic E-state index is 9.91. The Hall–Kier alpha value is -1.46. The van der Waals surface area contributed by atoms with Crippen molar-refractivity contribution in [1.82, 2.24) is 0 Å². The first-order valence-corrected chi connectivity index (χ1v) is 9.95. The van der Waals surface area contributed by atoms with Gasteiger partial charge in [-0.05, 0) is 6.07 Å². The minimum absolute atomic E-state index is 0.620. The van der Waals surface area contributed by atoms with Crippen LogP contribution < -0.4 is 4.90 Å². The number of morpholine rings is 1. The van der Waals surface area contributed by atoms with E-state index in [-0.39, 0.29) is 0 Å². The topological polar surface area (TPSA) is 40.6 Å². The van der Waals surface area contributed by atoms with Crippen molar-refractivity contribution in [2.75, 3.05) is 31.2 Å². The van der Waals surface area contributed by atoms with Crippen LogP contribution >= 0.6 is 0 Å². The van der Waals surface area contributed by atoms with Gasteiger partial charge in [0.05, 0.1) is 13.2 Å². The Balaban J connectivity index is 0.000000270. The second-order valence-electron chi connectivity index (χ2n) is 4.15. The van der Waals surface area contributed by atoms with Crippen LogP contribution in [0.3, 0.4) is 0 Å². The summed E-state index contributed by atoms with van der Waals surface area (Å²) >= 11 is -11.1. The van der Waals surface area contributed by atoms with E-state index in [9.17, 15) is 20.8 Å². The van der Waals surface area contributed by atoms with Crippen LogP contribution in [-0.2, 0) is 4.74 Å². The quantitative estimate of drug-likeness (QED) is 0.418. The Morgan fingerprint density at radius 1 is 1.00 bits per heavy atom. The Kier molecular flexibility index (Phi) is 4.51. The van der Waals surface area contributed by atoms with Gasteiger partial charge in [0.2, 0.25) is 5.39 Å². The molecule has 0 aliphatic carbocycles. The minimum Gasteiger partial charge on any atom is -0.378 e. The number of para-hydroxylation sites is 1. The zero-order valence-corrected chi connectivity index (χ0v) is 12.5. The third-order valence-corrected chi connectivity index (χ3v) is 2.34. The van der Waals surface area contributed by atoms with Crippen LogP contribution in [0.25, 0.3) is 4.98 Å². The number of anilines is 1. The molecule has 1 heterocycles. The van der Waals surface area contributed by atoms with Crippen molar-refractivity contribution in [3.63, 3.8) is 0 Å². The molecule has 0 N–H and O–H groups in total. The zero-order valence-electron chi connectivity index (χ0n) is 10.6. The van der Waals surface area contributed by atoms with Crippen LogP contribution in [0.2, 0.25) is 0 Å². The van der Waals surface area contributed by atoms with Crippen molar-refractivity contribution >= 4 is 25.5 Å². The first-order chi connectivity index (χ1) is 9.36. The number of benzene rings is 1. The second kappa shape index (κ2) is 5.39. The normalized spacial score (nSPS) is 18.6. The van der Waals surface area contributed by atoms with Crippen molar-refractivity contribution in [3.8, 4) is 0 Å². The fourth-order valence-electron chi connectivity index (χ4n) is 1.62. The molecular weight excluding hydrogens is 367 g/mol. The molecule has 11 heteroatoms. The van der Waals surface area contributed by atoms with Crippen LogP contribution in [0.5, 0.6) is 0 Å². The third-order valence-electron chi connectivity index (χ3n) is 2.34. The maximum absolute atomic E-state index is 11.1. The molecule has 2 rings (SSSR count). The van der Waals surface area contributed by atoms with E-state index in [1.165, 1.54) is 0 Å². The van der Waals surface area contributed by atoms with E-state index >= 15 is 0 Å². The number of rotatable bonds is 1. The Morgan fingerprint density at radius 3 is 1.95 bits per heavy atom. The molecule has 1 saturated heterocycles. The van der Waals surface area contributed by atoms with E-state index in [0.717, 1.165) is 32.0 Å². The number of hydrogen-bond donors (Lipinski definition) is 0. The molecule has 0 atom stereocenters. The SMILES string of the molecule is F[As-](F)(F)(F)(F)F.N#[N+]c1ccccc1N1CCOCC1. The summed E-state index contributed by atoms with van der Waals surface area (Å²) < 4.78 is 64.7. The molecule has 0 spiro atoms. The first kappa shape index (κ1) is 17.6. The van der Waals surface area contributed by atoms with Crippen molar-refractivity contribution in [3.05, 3.63) is 29.2 Å². The van der Waals surface area contributed by atoms with Gasteiger partial charge in [0, 0.05) is 19.2 Å². The molecule has 1 aliphatic heterocycles. The summed E-state index contributed by atoms with van der Waals surface area (Å²) in [6.07, 6.45) is 0. The molecule has 0 amide bonds. The van der Waals surface area contributed by atoms with E-state index < -0.39 is 14.2 Å². The zero-order chi connectivity index (χ0) is 16.2. The van der Waals surface area contributed by atoms with Gasteiger partial charge in [0.1, 0.15) is 5.69 Å². The summed E-state index contributed by atoms with van der Waals surface area (Å²) in [5, 5.41) is 8.82. The number of hydrogen-bond acceptors (Lipinski definition) is 3. The minimum atomic E-state index is -11.1. The Labute approximate surface area is 117 Å². The molecule has 0 radical (unpaired) electrons. The van der Waals surface area contributed by atoms with Crippen molar-refractivity contribution < 1.29 is 25.5 Å². The molecule has 1 aromatic rings. The Bertz CT molecular complexity index is 524. The van der Waals surface area contributed by atoms with Crippen molar-refractivity contribution in [1.29, 1.82) is 5.39 Å². The van der Waals surface area contributed by atoms with Crippen LogP contribution in [-0.4, -0.2) is 40.5 Å². The number of diazo groups is 1. The van der Waals surface area contributed by atoms with Gasteiger partial charge in [-0.2, -0.15) is 0 Å². The molecule has 0 unspecified atom stereocenters. The van der Waals surface area contributed by atoms with Crippen molar-refractivity contribution in [2.45, 2.75) is 0 Å². The van der Waals surface area contributed by atoms with E-state index in [0.29, 0.717) is 5.69 Å². The third kappa shape index (κ3) is 9.15. The summed E-state index contributed by atoms with van der Waals surface area (Å²) in [4.78, 5) is 5.43. The van der Waals surface area contributed by atoms with Gasteiger partial charge in [-0.3, -0.25) is 0 Å². The van der Waals surface area contributed by atoms with Gasteiger partial charge in [-0.15, -0.1) is 0 Å². The van der Waals surface area contributed by atoms with Gasteiger partial charge in [-0.25, -0.2) is 0 Å². The molecule has 4 nitrogen and oxygen atoms in total. The molecule has 1 aromatic carbocycles. The molecule has 1 fully saturated rings. The van der Waals surface area contributed by atoms with E-state index in [4.69, 9.17) is 10.1 Å². The summed E-state index contributed by atoms with van der Waals surface area (Å²) in [7, 11) is 0. The van der Waals surface area contributed by atoms with Crippen LogP contribution in [0.15, 0.2) is 24.3 Å².